The number of nitrogens with zero attached hydrogens (tertiary/aromatic N) is 2. The molecule has 1 atom stereocenters. The van der Waals surface area contributed by atoms with E-state index in [-0.39, 0.29) is 23.6 Å². The molecule has 1 unspecified atom stereocenters. The summed E-state index contributed by atoms with van der Waals surface area (Å²) in [5.41, 5.74) is 8.05. The Balaban J connectivity index is 1.72. The van der Waals surface area contributed by atoms with Crippen molar-refractivity contribution in [1.82, 2.24) is 9.47 Å². The zero-order chi connectivity index (χ0) is 22.7. The summed E-state index contributed by atoms with van der Waals surface area (Å²) in [6, 6.07) is 5.41. The van der Waals surface area contributed by atoms with Gasteiger partial charge in [-0.1, -0.05) is 0 Å². The van der Waals surface area contributed by atoms with Crippen molar-refractivity contribution in [3.8, 4) is 16.2 Å². The van der Waals surface area contributed by atoms with E-state index >= 15 is 0 Å². The summed E-state index contributed by atoms with van der Waals surface area (Å²) in [6.45, 7) is 2.54. The average molecular weight is 454 g/mol. The number of carbonyl (C=O) groups excluding carboxylic acids is 1. The quantitative estimate of drug-likeness (QED) is 0.627. The van der Waals surface area contributed by atoms with Gasteiger partial charge in [0.2, 0.25) is 11.3 Å². The van der Waals surface area contributed by atoms with Crippen molar-refractivity contribution in [3.05, 3.63) is 50.6 Å². The highest BCUT2D eigenvalue weighted by Gasteiger charge is 2.31. The summed E-state index contributed by atoms with van der Waals surface area (Å²) >= 11 is 1.57. The lowest BCUT2D eigenvalue weighted by molar-refractivity contribution is -0.130. The van der Waals surface area contributed by atoms with Crippen LogP contribution >= 0.6 is 11.3 Å². The summed E-state index contributed by atoms with van der Waals surface area (Å²) in [7, 11) is 1.56. The van der Waals surface area contributed by atoms with Crippen molar-refractivity contribution in [2.75, 3.05) is 13.7 Å². The predicted octanol–water partition coefficient (Wildman–Crippen LogP) is 3.13. The first-order chi connectivity index (χ1) is 15.3. The molecule has 32 heavy (non-hydrogen) atoms. The molecule has 2 aliphatic rings. The molecule has 8 nitrogen and oxygen atoms in total. The summed E-state index contributed by atoms with van der Waals surface area (Å²) in [5.74, 6) is -0.701. The lowest BCUT2D eigenvalue weighted by Crippen LogP contribution is -2.38. The molecule has 3 N–H and O–H groups in total. The molecule has 1 fully saturated rings. The molecule has 1 saturated carbocycles. The molecule has 1 aliphatic heterocycles. The van der Waals surface area contributed by atoms with E-state index in [9.17, 15) is 19.5 Å². The minimum absolute atomic E-state index is 0.00943. The number of amides is 1. The van der Waals surface area contributed by atoms with Crippen LogP contribution in [0.3, 0.4) is 0 Å². The fraction of sp³-hybridized carbons (Fsp3) is 0.348. The number of hydrogen-bond donors (Lipinski definition) is 2. The number of carboxylic acid groups (broad SMARTS) is 1. The smallest absolute Gasteiger partial charge is 0.341 e. The minimum Gasteiger partial charge on any atom is -0.494 e. The van der Waals surface area contributed by atoms with Crippen LogP contribution in [0.5, 0.6) is 5.75 Å². The van der Waals surface area contributed by atoms with Gasteiger partial charge in [-0.3, -0.25) is 9.59 Å². The molecular formula is C23H23N3O5S. The zero-order valence-electron chi connectivity index (χ0n) is 17.8. The van der Waals surface area contributed by atoms with Gasteiger partial charge in [0.25, 0.3) is 0 Å². The van der Waals surface area contributed by atoms with E-state index in [4.69, 9.17) is 10.5 Å². The molecule has 3 aromatic rings. The molecule has 0 saturated heterocycles. The van der Waals surface area contributed by atoms with Crippen LogP contribution in [0.25, 0.3) is 21.3 Å². The number of carboxylic acids is 1. The number of aromatic carboxylic acids is 1. The lowest BCUT2D eigenvalue weighted by Gasteiger charge is -2.29. The number of aromatic nitrogens is 1. The van der Waals surface area contributed by atoms with Gasteiger partial charge in [0.05, 0.1) is 24.1 Å². The van der Waals surface area contributed by atoms with Crippen molar-refractivity contribution in [2.45, 2.75) is 38.4 Å². The van der Waals surface area contributed by atoms with Crippen LogP contribution in [-0.2, 0) is 11.3 Å². The van der Waals surface area contributed by atoms with Crippen LogP contribution < -0.4 is 15.9 Å². The van der Waals surface area contributed by atoms with E-state index in [2.05, 4.69) is 0 Å². The third-order valence-electron chi connectivity index (χ3n) is 6.19. The highest BCUT2D eigenvalue weighted by molar-refractivity contribution is 7.15. The SMILES string of the molecule is COc1c(-c2cc3c(s2)C(N)CN(C(C)=O)C3)ccc2c(=O)c(C(=O)O)cn(C3CC3)c12. The second-order valence-corrected chi connectivity index (χ2v) is 9.45. The number of ether oxygens (including phenoxy) is 1. The van der Waals surface area contributed by atoms with Crippen LogP contribution in [0.15, 0.2) is 29.2 Å². The van der Waals surface area contributed by atoms with Crippen LogP contribution in [-0.4, -0.2) is 40.1 Å². The number of pyridine rings is 1. The summed E-state index contributed by atoms with van der Waals surface area (Å²) in [4.78, 5) is 40.1. The van der Waals surface area contributed by atoms with Gasteiger partial charge >= 0.3 is 5.97 Å². The number of rotatable bonds is 4. The van der Waals surface area contributed by atoms with Crippen molar-refractivity contribution in [1.29, 1.82) is 0 Å². The van der Waals surface area contributed by atoms with Crippen molar-refractivity contribution >= 4 is 34.1 Å². The van der Waals surface area contributed by atoms with Gasteiger partial charge in [-0.2, -0.15) is 0 Å². The van der Waals surface area contributed by atoms with E-state index in [0.29, 0.717) is 29.7 Å². The Morgan fingerprint density at radius 1 is 1.28 bits per heavy atom. The number of nitrogens with two attached hydrogens (primary N) is 1. The van der Waals surface area contributed by atoms with Crippen molar-refractivity contribution < 1.29 is 19.4 Å². The molecule has 5 rings (SSSR count). The van der Waals surface area contributed by atoms with E-state index in [1.165, 1.54) is 6.20 Å². The largest absolute Gasteiger partial charge is 0.494 e. The first kappa shape index (κ1) is 20.7. The number of hydrogen-bond acceptors (Lipinski definition) is 6. The van der Waals surface area contributed by atoms with Crippen LogP contribution in [0.4, 0.5) is 0 Å². The maximum atomic E-state index is 12.9. The molecule has 0 bridgehead atoms. The van der Waals surface area contributed by atoms with Crippen LogP contribution in [0.1, 0.15) is 52.6 Å². The third kappa shape index (κ3) is 3.20. The second kappa shape index (κ2) is 7.46. The predicted molar refractivity (Wildman–Crippen MR) is 121 cm³/mol. The summed E-state index contributed by atoms with van der Waals surface area (Å²) in [5, 5.41) is 9.84. The monoisotopic (exact) mass is 453 g/mol. The van der Waals surface area contributed by atoms with E-state index in [1.807, 2.05) is 10.6 Å². The molecular weight excluding hydrogens is 430 g/mol. The van der Waals surface area contributed by atoms with Gasteiger partial charge in [0.1, 0.15) is 5.56 Å². The first-order valence-electron chi connectivity index (χ1n) is 10.4. The van der Waals surface area contributed by atoms with Gasteiger partial charge in [-0.15, -0.1) is 11.3 Å². The normalized spacial score (nSPS) is 18.0. The molecule has 1 aliphatic carbocycles. The fourth-order valence-electron chi connectivity index (χ4n) is 4.46. The molecule has 0 spiro atoms. The highest BCUT2D eigenvalue weighted by atomic mass is 32.1. The maximum absolute atomic E-state index is 12.9. The molecule has 3 heterocycles. The number of thiophene rings is 1. The number of benzene rings is 1. The number of fused-ring (bicyclic) bond motifs is 2. The van der Waals surface area contributed by atoms with Gasteiger partial charge < -0.3 is 25.0 Å². The van der Waals surface area contributed by atoms with Crippen LogP contribution in [0, 0.1) is 0 Å². The van der Waals surface area contributed by atoms with Gasteiger partial charge in [0, 0.05) is 47.6 Å². The zero-order valence-corrected chi connectivity index (χ0v) is 18.6. The Labute approximate surface area is 187 Å². The Bertz CT molecular complexity index is 1340. The van der Waals surface area contributed by atoms with E-state index < -0.39 is 11.4 Å². The van der Waals surface area contributed by atoms with Gasteiger partial charge in [0.15, 0.2) is 5.75 Å². The lowest BCUT2D eigenvalue weighted by atomic mass is 10.0. The second-order valence-electron chi connectivity index (χ2n) is 8.36. The minimum atomic E-state index is -1.23. The van der Waals surface area contributed by atoms with Crippen molar-refractivity contribution in [3.63, 3.8) is 0 Å². The Morgan fingerprint density at radius 3 is 2.66 bits per heavy atom. The Morgan fingerprint density at radius 2 is 2.03 bits per heavy atom. The van der Waals surface area contributed by atoms with Crippen LogP contribution in [0.2, 0.25) is 0 Å². The summed E-state index contributed by atoms with van der Waals surface area (Å²) < 4.78 is 7.68. The molecule has 1 amide bonds. The molecule has 1 aromatic carbocycles. The molecule has 9 heteroatoms. The van der Waals surface area contributed by atoms with Crippen molar-refractivity contribution in [2.24, 2.45) is 5.73 Å². The highest BCUT2D eigenvalue weighted by Crippen LogP contribution is 2.45. The Kier molecular flexibility index (Phi) is 4.83. The molecule has 0 radical (unpaired) electrons. The standard InChI is InChI=1S/C23H23N3O5S/c1-11(27)25-8-12-7-18(32-22(12)17(24)10-25)14-5-6-15-19(21(14)31-2)26(13-3-4-13)9-16(20(15)28)23(29)30/h5-7,9,13,17H,3-4,8,10,24H2,1-2H3,(H,29,30). The summed E-state index contributed by atoms with van der Waals surface area (Å²) in [6.07, 6.45) is 3.29. The number of carbonyl (C=O) groups is 2. The van der Waals surface area contributed by atoms with E-state index in [1.54, 1.807) is 42.4 Å². The Hall–Kier alpha value is -3.17. The molecule has 166 valence electrons. The average Bonchev–Trinajstić information content (AvgIpc) is 3.50. The fourth-order valence-corrected chi connectivity index (χ4v) is 5.64. The topological polar surface area (TPSA) is 115 Å². The molecule has 2 aromatic heterocycles. The van der Waals surface area contributed by atoms with Gasteiger partial charge in [-0.25, -0.2) is 4.79 Å². The third-order valence-corrected chi connectivity index (χ3v) is 7.53. The number of methoxy groups -OCH3 is 1. The van der Waals surface area contributed by atoms with E-state index in [0.717, 1.165) is 33.7 Å². The first-order valence-corrected chi connectivity index (χ1v) is 11.2. The maximum Gasteiger partial charge on any atom is 0.341 e. The van der Waals surface area contributed by atoms with Gasteiger partial charge in [-0.05, 0) is 36.6 Å².